The minimum atomic E-state index is 0.00357. The topological polar surface area (TPSA) is 60.9 Å². The molecule has 0 radical (unpaired) electrons. The summed E-state index contributed by atoms with van der Waals surface area (Å²) in [5, 5.41) is 3.98. The Bertz CT molecular complexity index is 599. The van der Waals surface area contributed by atoms with Crippen molar-refractivity contribution in [3.05, 3.63) is 46.6 Å². The maximum atomic E-state index is 12.1. The highest BCUT2D eigenvalue weighted by Gasteiger charge is 2.14. The zero-order chi connectivity index (χ0) is 13.3. The molecule has 2 N–H and O–H groups in total. The van der Waals surface area contributed by atoms with Gasteiger partial charge in [0.1, 0.15) is 5.82 Å². The molecule has 0 saturated heterocycles. The van der Waals surface area contributed by atoms with Gasteiger partial charge in [-0.1, -0.05) is 18.2 Å². The average molecular weight is 243 g/mol. The van der Waals surface area contributed by atoms with E-state index in [1.165, 1.54) is 22.0 Å². The first kappa shape index (κ1) is 12.4. The molecular weight excluding hydrogens is 226 g/mol. The number of nitrogens with two attached hydrogens (primary N) is 1. The van der Waals surface area contributed by atoms with Gasteiger partial charge in [0.05, 0.1) is 11.8 Å². The van der Waals surface area contributed by atoms with Gasteiger partial charge in [-0.15, -0.1) is 0 Å². The van der Waals surface area contributed by atoms with Crippen LogP contribution in [0.2, 0.25) is 0 Å². The summed E-state index contributed by atoms with van der Waals surface area (Å²) < 4.78 is 1.51. The molecule has 0 atom stereocenters. The van der Waals surface area contributed by atoms with Crippen LogP contribution in [0, 0.1) is 13.8 Å². The summed E-state index contributed by atoms with van der Waals surface area (Å²) in [5.74, 6) is 0.424. The van der Waals surface area contributed by atoms with Gasteiger partial charge in [-0.25, -0.2) is 0 Å². The van der Waals surface area contributed by atoms with Crippen molar-refractivity contribution in [2.24, 2.45) is 7.05 Å². The number of hydrogen-bond donors (Lipinski definition) is 1. The van der Waals surface area contributed by atoms with E-state index < -0.39 is 0 Å². The largest absolute Gasteiger partial charge is 0.383 e. The Morgan fingerprint density at radius 1 is 1.33 bits per heavy atom. The fourth-order valence-electron chi connectivity index (χ4n) is 1.86. The number of aryl methyl sites for hydroxylation is 3. The molecule has 0 aliphatic rings. The third-order valence-corrected chi connectivity index (χ3v) is 3.22. The molecule has 0 amide bonds. The van der Waals surface area contributed by atoms with Gasteiger partial charge in [0.15, 0.2) is 5.78 Å². The molecule has 18 heavy (non-hydrogen) atoms. The number of rotatable bonds is 3. The molecule has 1 heterocycles. The molecule has 94 valence electrons. The Balaban J connectivity index is 2.21. The van der Waals surface area contributed by atoms with Crippen LogP contribution in [-0.4, -0.2) is 15.6 Å². The van der Waals surface area contributed by atoms with E-state index in [0.29, 0.717) is 17.8 Å². The minimum absolute atomic E-state index is 0.00357. The van der Waals surface area contributed by atoms with E-state index in [2.05, 4.69) is 12.0 Å². The van der Waals surface area contributed by atoms with Gasteiger partial charge in [0.2, 0.25) is 0 Å². The van der Waals surface area contributed by atoms with Crippen molar-refractivity contribution in [3.8, 4) is 0 Å². The second kappa shape index (κ2) is 4.64. The van der Waals surface area contributed by atoms with Crippen LogP contribution in [0.1, 0.15) is 27.0 Å². The molecule has 0 aliphatic carbocycles. The molecule has 0 aliphatic heterocycles. The summed E-state index contributed by atoms with van der Waals surface area (Å²) >= 11 is 0. The lowest BCUT2D eigenvalue weighted by Gasteiger charge is -2.04. The predicted octanol–water partition coefficient (Wildman–Crippen LogP) is 2.04. The summed E-state index contributed by atoms with van der Waals surface area (Å²) in [6, 6.07) is 6.05. The number of anilines is 1. The van der Waals surface area contributed by atoms with E-state index in [1.807, 2.05) is 25.1 Å². The normalized spacial score (nSPS) is 10.6. The number of nitrogen functional groups attached to an aromatic ring is 1. The molecule has 2 aromatic rings. The maximum absolute atomic E-state index is 12.1. The molecule has 1 aromatic carbocycles. The first-order valence-corrected chi connectivity index (χ1v) is 5.86. The molecule has 0 spiro atoms. The fourth-order valence-corrected chi connectivity index (χ4v) is 1.86. The molecule has 0 bridgehead atoms. The second-order valence-electron chi connectivity index (χ2n) is 4.59. The molecule has 4 nitrogen and oxygen atoms in total. The van der Waals surface area contributed by atoms with Gasteiger partial charge in [0.25, 0.3) is 0 Å². The maximum Gasteiger partial charge on any atom is 0.172 e. The first-order chi connectivity index (χ1) is 8.49. The third kappa shape index (κ3) is 2.27. The predicted molar refractivity (Wildman–Crippen MR) is 71.6 cm³/mol. The molecule has 0 fully saturated rings. The van der Waals surface area contributed by atoms with Gasteiger partial charge in [0, 0.05) is 13.5 Å². The van der Waals surface area contributed by atoms with Crippen LogP contribution in [0.5, 0.6) is 0 Å². The van der Waals surface area contributed by atoms with Crippen LogP contribution in [0.4, 0.5) is 5.82 Å². The van der Waals surface area contributed by atoms with Crippen molar-refractivity contribution in [2.45, 2.75) is 20.3 Å². The zero-order valence-electron chi connectivity index (χ0n) is 10.9. The highest BCUT2D eigenvalue weighted by molar-refractivity contribution is 6.01. The molecular formula is C14H17N3O. The lowest BCUT2D eigenvalue weighted by atomic mass is 10.0. The summed E-state index contributed by atoms with van der Waals surface area (Å²) in [4.78, 5) is 12.1. The summed E-state index contributed by atoms with van der Waals surface area (Å²) in [6.45, 7) is 4.10. The smallest absolute Gasteiger partial charge is 0.172 e. The summed E-state index contributed by atoms with van der Waals surface area (Å²) in [6.07, 6.45) is 1.88. The lowest BCUT2D eigenvalue weighted by molar-refractivity contribution is 0.0994. The van der Waals surface area contributed by atoms with Gasteiger partial charge in [-0.3, -0.25) is 9.48 Å². The average Bonchev–Trinajstić information content (AvgIpc) is 2.65. The first-order valence-electron chi connectivity index (χ1n) is 5.86. The van der Waals surface area contributed by atoms with E-state index in [1.54, 1.807) is 7.05 Å². The Morgan fingerprint density at radius 2 is 2.06 bits per heavy atom. The molecule has 0 unspecified atom stereocenters. The molecule has 4 heteroatoms. The van der Waals surface area contributed by atoms with Gasteiger partial charge in [-0.2, -0.15) is 5.10 Å². The Morgan fingerprint density at radius 3 is 2.61 bits per heavy atom. The number of aromatic nitrogens is 2. The van der Waals surface area contributed by atoms with E-state index in [-0.39, 0.29) is 5.78 Å². The number of benzene rings is 1. The van der Waals surface area contributed by atoms with E-state index >= 15 is 0 Å². The van der Waals surface area contributed by atoms with Gasteiger partial charge >= 0.3 is 0 Å². The number of carbonyl (C=O) groups is 1. The zero-order valence-corrected chi connectivity index (χ0v) is 10.9. The van der Waals surface area contributed by atoms with Crippen molar-refractivity contribution < 1.29 is 4.79 Å². The van der Waals surface area contributed by atoms with Gasteiger partial charge in [-0.05, 0) is 30.5 Å². The monoisotopic (exact) mass is 243 g/mol. The van der Waals surface area contributed by atoms with E-state index in [0.717, 1.165) is 5.56 Å². The summed E-state index contributed by atoms with van der Waals surface area (Å²) in [5.41, 5.74) is 9.72. The SMILES string of the molecule is Cc1ccc(CC(=O)c2cnn(C)c2N)cc1C. The number of carbonyl (C=O) groups excluding carboxylic acids is 1. The molecule has 0 saturated carbocycles. The van der Waals surface area contributed by atoms with E-state index in [9.17, 15) is 4.79 Å². The number of nitrogens with zero attached hydrogens (tertiary/aromatic N) is 2. The van der Waals surface area contributed by atoms with Gasteiger partial charge < -0.3 is 5.73 Å². The number of Topliss-reactive ketones (excluding diaryl/α,β-unsaturated/α-hetero) is 1. The van der Waals surface area contributed by atoms with Crippen LogP contribution in [0.15, 0.2) is 24.4 Å². The van der Waals surface area contributed by atoms with Crippen molar-refractivity contribution >= 4 is 11.6 Å². The van der Waals surface area contributed by atoms with Crippen LogP contribution in [0.3, 0.4) is 0 Å². The lowest BCUT2D eigenvalue weighted by Crippen LogP contribution is -2.07. The van der Waals surface area contributed by atoms with Crippen LogP contribution in [0.25, 0.3) is 0 Å². The Kier molecular flexibility index (Phi) is 3.19. The van der Waals surface area contributed by atoms with Crippen molar-refractivity contribution in [3.63, 3.8) is 0 Å². The highest BCUT2D eigenvalue weighted by Crippen LogP contribution is 2.15. The number of hydrogen-bond acceptors (Lipinski definition) is 3. The van der Waals surface area contributed by atoms with Crippen molar-refractivity contribution in [1.29, 1.82) is 0 Å². The Hall–Kier alpha value is -2.10. The Labute approximate surface area is 106 Å². The third-order valence-electron chi connectivity index (χ3n) is 3.22. The summed E-state index contributed by atoms with van der Waals surface area (Å²) in [7, 11) is 1.72. The van der Waals surface area contributed by atoms with E-state index in [4.69, 9.17) is 5.73 Å². The highest BCUT2D eigenvalue weighted by atomic mass is 16.1. The van der Waals surface area contributed by atoms with Crippen LogP contribution >= 0.6 is 0 Å². The standard InChI is InChI=1S/C14H17N3O/c1-9-4-5-11(6-10(9)2)7-13(18)12-8-16-17(3)14(12)15/h4-6,8H,7,15H2,1-3H3. The van der Waals surface area contributed by atoms with Crippen LogP contribution < -0.4 is 5.73 Å². The van der Waals surface area contributed by atoms with Crippen molar-refractivity contribution in [2.75, 3.05) is 5.73 Å². The molecule has 1 aromatic heterocycles. The number of ketones is 1. The van der Waals surface area contributed by atoms with Crippen molar-refractivity contribution in [1.82, 2.24) is 9.78 Å². The fraction of sp³-hybridized carbons (Fsp3) is 0.286. The molecule has 2 rings (SSSR count). The quantitative estimate of drug-likeness (QED) is 0.839. The minimum Gasteiger partial charge on any atom is -0.383 e. The van der Waals surface area contributed by atoms with Crippen LogP contribution in [-0.2, 0) is 13.5 Å². The second-order valence-corrected chi connectivity index (χ2v) is 4.59.